The highest BCUT2D eigenvalue weighted by atomic mass is 14.8. The summed E-state index contributed by atoms with van der Waals surface area (Å²) in [5.74, 6) is 0. The average molecular weight is 355 g/mol. The summed E-state index contributed by atoms with van der Waals surface area (Å²) in [6.45, 7) is 14.5. The zero-order chi connectivity index (χ0) is 19.2. The summed E-state index contributed by atoms with van der Waals surface area (Å²) in [7, 11) is 0. The summed E-state index contributed by atoms with van der Waals surface area (Å²) in [5, 5.41) is 5.26. The molecule has 2 aromatic heterocycles. The van der Waals surface area contributed by atoms with Gasteiger partial charge in [0.25, 0.3) is 0 Å². The number of nitrogens with zero attached hydrogens (tertiary/aromatic N) is 1. The second-order valence-corrected chi connectivity index (χ2v) is 9.87. The molecule has 1 aliphatic rings. The molecule has 0 unspecified atom stereocenters. The number of rotatable bonds is 0. The van der Waals surface area contributed by atoms with E-state index in [-0.39, 0.29) is 16.2 Å². The Morgan fingerprint density at radius 3 is 2.00 bits per heavy atom. The largest absolute Gasteiger partial charge is 0.219 e. The first-order chi connectivity index (χ1) is 12.6. The Morgan fingerprint density at radius 1 is 0.667 bits per heavy atom. The van der Waals surface area contributed by atoms with E-state index in [2.05, 4.69) is 107 Å². The zero-order valence-electron chi connectivity index (χ0n) is 17.2. The summed E-state index contributed by atoms with van der Waals surface area (Å²) >= 11 is 0. The molecule has 4 aromatic rings. The highest BCUT2D eigenvalue weighted by Crippen LogP contribution is 2.61. The quantitative estimate of drug-likeness (QED) is 0.197. The van der Waals surface area contributed by atoms with Gasteiger partial charge in [0.15, 0.2) is 12.4 Å². The maximum Gasteiger partial charge on any atom is 0.219 e. The van der Waals surface area contributed by atoms with Crippen LogP contribution in [0, 0.1) is 5.41 Å². The highest BCUT2D eigenvalue weighted by molar-refractivity contribution is 5.97. The van der Waals surface area contributed by atoms with Crippen molar-refractivity contribution in [3.05, 3.63) is 72.1 Å². The molecule has 0 aliphatic heterocycles. The molecule has 0 spiro atoms. The van der Waals surface area contributed by atoms with E-state index in [0.717, 1.165) is 0 Å². The van der Waals surface area contributed by atoms with Gasteiger partial charge >= 0.3 is 0 Å². The predicted octanol–water partition coefficient (Wildman–Crippen LogP) is 6.33. The molecule has 27 heavy (non-hydrogen) atoms. The smallest absolute Gasteiger partial charge is 0.166 e. The van der Waals surface area contributed by atoms with Crippen molar-refractivity contribution in [2.75, 3.05) is 0 Å². The molecule has 0 saturated carbocycles. The van der Waals surface area contributed by atoms with Crippen LogP contribution in [-0.2, 0) is 10.8 Å². The molecule has 136 valence electrons. The van der Waals surface area contributed by atoms with Crippen molar-refractivity contribution in [1.29, 1.82) is 0 Å². The second kappa shape index (κ2) is 4.90. The van der Waals surface area contributed by atoms with Gasteiger partial charge in [-0.25, -0.2) is 0 Å². The standard InChI is InChI=1S/C26H28N/c1-24(2)21-13-18-15-23-20-10-8-7-9-17(20)11-12-27(23)16-19(18)14-22(21)25(3,4)26(24,5)6/h7-16H,1-6H3/q+1. The van der Waals surface area contributed by atoms with Crippen molar-refractivity contribution < 1.29 is 4.40 Å². The summed E-state index contributed by atoms with van der Waals surface area (Å²) in [5.41, 5.74) is 4.76. The van der Waals surface area contributed by atoms with Crippen molar-refractivity contribution >= 4 is 27.1 Å². The van der Waals surface area contributed by atoms with Gasteiger partial charge in [-0.1, -0.05) is 59.7 Å². The van der Waals surface area contributed by atoms with Crippen LogP contribution in [0.4, 0.5) is 0 Å². The second-order valence-electron chi connectivity index (χ2n) is 9.87. The first kappa shape index (κ1) is 16.7. The van der Waals surface area contributed by atoms with Gasteiger partial charge in [0.05, 0.1) is 5.39 Å². The predicted molar refractivity (Wildman–Crippen MR) is 114 cm³/mol. The molecule has 0 radical (unpaired) electrons. The SMILES string of the molecule is CC1(C)c2cc3cc4c5ccccc5cc[n+]4cc3cc2C(C)(C)C1(C)C. The monoisotopic (exact) mass is 354 g/mol. The molecular weight excluding hydrogens is 326 g/mol. The maximum atomic E-state index is 2.46. The van der Waals surface area contributed by atoms with E-state index >= 15 is 0 Å². The van der Waals surface area contributed by atoms with E-state index in [0.29, 0.717) is 0 Å². The molecule has 0 amide bonds. The molecule has 0 bridgehead atoms. The van der Waals surface area contributed by atoms with E-state index in [9.17, 15) is 0 Å². The third-order valence-corrected chi connectivity index (χ3v) is 8.19. The lowest BCUT2D eigenvalue weighted by atomic mass is 9.59. The van der Waals surface area contributed by atoms with Gasteiger partial charge in [-0.05, 0) is 56.3 Å². The molecule has 0 saturated heterocycles. The molecule has 5 rings (SSSR count). The van der Waals surface area contributed by atoms with Crippen molar-refractivity contribution in [2.45, 2.75) is 52.4 Å². The van der Waals surface area contributed by atoms with Crippen molar-refractivity contribution in [2.24, 2.45) is 5.41 Å². The zero-order valence-corrected chi connectivity index (χ0v) is 17.2. The lowest BCUT2D eigenvalue weighted by Gasteiger charge is -2.44. The van der Waals surface area contributed by atoms with Gasteiger partial charge in [0, 0.05) is 17.5 Å². The fraction of sp³-hybridized carbons (Fsp3) is 0.346. The van der Waals surface area contributed by atoms with Crippen LogP contribution in [-0.4, -0.2) is 0 Å². The Balaban J connectivity index is 1.90. The first-order valence-corrected chi connectivity index (χ1v) is 9.96. The van der Waals surface area contributed by atoms with Crippen molar-refractivity contribution in [3.63, 3.8) is 0 Å². The molecule has 0 fully saturated rings. The third kappa shape index (κ3) is 1.92. The van der Waals surface area contributed by atoms with Crippen LogP contribution in [0.2, 0.25) is 0 Å². The number of aromatic nitrogens is 1. The fourth-order valence-electron chi connectivity index (χ4n) is 5.18. The molecular formula is C26H28N+. The van der Waals surface area contributed by atoms with Crippen LogP contribution in [0.1, 0.15) is 52.7 Å². The molecule has 0 atom stereocenters. The number of pyridine rings is 2. The molecule has 0 N–H and O–H groups in total. The molecule has 1 heteroatoms. The van der Waals surface area contributed by atoms with Crippen molar-refractivity contribution in [3.8, 4) is 0 Å². The van der Waals surface area contributed by atoms with Crippen LogP contribution in [0.25, 0.3) is 27.1 Å². The Labute approximate surface area is 161 Å². The lowest BCUT2D eigenvalue weighted by molar-refractivity contribution is -0.509. The van der Waals surface area contributed by atoms with E-state index < -0.39 is 0 Å². The first-order valence-electron chi connectivity index (χ1n) is 9.96. The molecule has 1 aliphatic carbocycles. The number of fused-ring (bicyclic) bond motifs is 5. The van der Waals surface area contributed by atoms with Gasteiger partial charge in [-0.15, -0.1) is 0 Å². The van der Waals surface area contributed by atoms with Gasteiger partial charge in [0.2, 0.25) is 5.52 Å². The molecule has 2 heterocycles. The normalized spacial score (nSPS) is 19.6. The number of hydrogen-bond acceptors (Lipinski definition) is 0. The highest BCUT2D eigenvalue weighted by Gasteiger charge is 2.56. The van der Waals surface area contributed by atoms with E-state index in [1.807, 2.05) is 0 Å². The van der Waals surface area contributed by atoms with Gasteiger partial charge < -0.3 is 0 Å². The van der Waals surface area contributed by atoms with Crippen molar-refractivity contribution in [1.82, 2.24) is 0 Å². The maximum absolute atomic E-state index is 2.46. The van der Waals surface area contributed by atoms with Crippen LogP contribution in [0.15, 0.2) is 60.9 Å². The third-order valence-electron chi connectivity index (χ3n) is 8.19. The van der Waals surface area contributed by atoms with Gasteiger partial charge in [-0.3, -0.25) is 0 Å². The minimum atomic E-state index is 0.140. The number of benzene rings is 2. The van der Waals surface area contributed by atoms with Gasteiger partial charge in [0.1, 0.15) is 0 Å². The summed E-state index contributed by atoms with van der Waals surface area (Å²) in [6, 6.07) is 18.1. The minimum absolute atomic E-state index is 0.140. The molecule has 1 nitrogen and oxygen atoms in total. The Hall–Kier alpha value is -2.41. The minimum Gasteiger partial charge on any atom is -0.166 e. The number of hydrogen-bond donors (Lipinski definition) is 0. The van der Waals surface area contributed by atoms with E-state index in [4.69, 9.17) is 0 Å². The molecule has 2 aromatic carbocycles. The van der Waals surface area contributed by atoms with E-state index in [1.54, 1.807) is 0 Å². The van der Waals surface area contributed by atoms with Crippen LogP contribution >= 0.6 is 0 Å². The topological polar surface area (TPSA) is 4.10 Å². The van der Waals surface area contributed by atoms with E-state index in [1.165, 1.54) is 38.2 Å². The summed E-state index contributed by atoms with van der Waals surface area (Å²) in [6.07, 6.45) is 4.48. The van der Waals surface area contributed by atoms with Crippen LogP contribution in [0.3, 0.4) is 0 Å². The van der Waals surface area contributed by atoms with Gasteiger partial charge in [-0.2, -0.15) is 4.40 Å². The average Bonchev–Trinajstić information content (AvgIpc) is 2.74. The van der Waals surface area contributed by atoms with Crippen LogP contribution < -0.4 is 4.40 Å². The Kier molecular flexibility index (Phi) is 3.04. The lowest BCUT2D eigenvalue weighted by Crippen LogP contribution is -2.42. The summed E-state index contributed by atoms with van der Waals surface area (Å²) in [4.78, 5) is 0. The Bertz CT molecular complexity index is 1240. The summed E-state index contributed by atoms with van der Waals surface area (Å²) < 4.78 is 2.27. The fourth-order valence-corrected chi connectivity index (χ4v) is 5.18. The van der Waals surface area contributed by atoms with Crippen LogP contribution in [0.5, 0.6) is 0 Å². The Morgan fingerprint density at radius 2 is 1.30 bits per heavy atom.